The van der Waals surface area contributed by atoms with E-state index in [1.54, 1.807) is 0 Å². The van der Waals surface area contributed by atoms with Crippen molar-refractivity contribution in [1.82, 2.24) is 25.3 Å². The molecule has 7 heteroatoms. The second-order valence-electron chi connectivity index (χ2n) is 7.82. The molecule has 2 heterocycles. The van der Waals surface area contributed by atoms with Crippen molar-refractivity contribution in [2.24, 2.45) is 0 Å². The first-order valence-corrected chi connectivity index (χ1v) is 9.97. The minimum Gasteiger partial charge on any atom is -0.352 e. The summed E-state index contributed by atoms with van der Waals surface area (Å²) in [6.45, 7) is 6.60. The molecule has 0 spiro atoms. The number of aromatic amines is 1. The van der Waals surface area contributed by atoms with E-state index in [2.05, 4.69) is 20.4 Å². The van der Waals surface area contributed by atoms with Gasteiger partial charge >= 0.3 is 0 Å². The lowest BCUT2D eigenvalue weighted by Gasteiger charge is -2.37. The number of carbonyl (C=O) groups is 2. The summed E-state index contributed by atoms with van der Waals surface area (Å²) in [5.41, 5.74) is 3.45. The van der Waals surface area contributed by atoms with Crippen molar-refractivity contribution < 1.29 is 9.59 Å². The molecule has 1 saturated heterocycles. The molecule has 1 aromatic carbocycles. The highest BCUT2D eigenvalue weighted by molar-refractivity contribution is 5.93. The van der Waals surface area contributed by atoms with Gasteiger partial charge in [-0.1, -0.05) is 29.8 Å². The van der Waals surface area contributed by atoms with Gasteiger partial charge in [-0.25, -0.2) is 0 Å². The summed E-state index contributed by atoms with van der Waals surface area (Å²) >= 11 is 0. The smallest absolute Gasteiger partial charge is 0.271 e. The van der Waals surface area contributed by atoms with Crippen LogP contribution in [0, 0.1) is 6.92 Å². The first-order valence-electron chi connectivity index (χ1n) is 9.97. The first kappa shape index (κ1) is 18.7. The Labute approximate surface area is 165 Å². The average Bonchev–Trinajstić information content (AvgIpc) is 3.39. The van der Waals surface area contributed by atoms with Gasteiger partial charge in [0.05, 0.1) is 11.7 Å². The Morgan fingerprint density at radius 2 is 1.82 bits per heavy atom. The van der Waals surface area contributed by atoms with Crippen LogP contribution in [0.5, 0.6) is 0 Å². The number of rotatable bonds is 5. The lowest BCUT2D eigenvalue weighted by molar-refractivity contribution is -0.126. The lowest BCUT2D eigenvalue weighted by Crippen LogP contribution is -2.55. The van der Waals surface area contributed by atoms with Gasteiger partial charge in [0.2, 0.25) is 5.91 Å². The number of H-pyrrole nitrogens is 1. The number of piperazine rings is 1. The molecule has 1 aliphatic heterocycles. The van der Waals surface area contributed by atoms with Gasteiger partial charge in [0.15, 0.2) is 0 Å². The zero-order valence-electron chi connectivity index (χ0n) is 16.4. The summed E-state index contributed by atoms with van der Waals surface area (Å²) in [6.07, 6.45) is 2.19. The molecule has 1 aromatic heterocycles. The first-order chi connectivity index (χ1) is 13.5. The Bertz CT molecular complexity index is 848. The molecule has 7 nitrogen and oxygen atoms in total. The maximum absolute atomic E-state index is 12.8. The molecule has 148 valence electrons. The normalized spacial score (nSPS) is 18.7. The van der Waals surface area contributed by atoms with E-state index in [1.807, 2.05) is 49.1 Å². The van der Waals surface area contributed by atoms with Crippen molar-refractivity contribution in [3.8, 4) is 11.3 Å². The van der Waals surface area contributed by atoms with Crippen LogP contribution < -0.4 is 5.32 Å². The molecule has 1 aliphatic carbocycles. The fourth-order valence-corrected chi connectivity index (χ4v) is 3.50. The van der Waals surface area contributed by atoms with E-state index in [9.17, 15) is 9.59 Å². The predicted octanol–water partition coefficient (Wildman–Crippen LogP) is 1.81. The van der Waals surface area contributed by atoms with Crippen LogP contribution >= 0.6 is 0 Å². The Balaban J connectivity index is 1.33. The summed E-state index contributed by atoms with van der Waals surface area (Å²) in [5, 5.41) is 10.2. The molecule has 1 saturated carbocycles. The van der Waals surface area contributed by atoms with E-state index in [0.717, 1.165) is 24.1 Å². The average molecular weight is 381 g/mol. The number of hydrogen-bond acceptors (Lipinski definition) is 4. The van der Waals surface area contributed by atoms with Crippen LogP contribution in [0.25, 0.3) is 11.3 Å². The number of aryl methyl sites for hydroxylation is 1. The van der Waals surface area contributed by atoms with Crippen LogP contribution in [0.2, 0.25) is 0 Å². The molecule has 0 radical (unpaired) electrons. The van der Waals surface area contributed by atoms with Crippen LogP contribution in [-0.4, -0.2) is 70.1 Å². The Morgan fingerprint density at radius 3 is 2.46 bits per heavy atom. The van der Waals surface area contributed by atoms with E-state index >= 15 is 0 Å². The predicted molar refractivity (Wildman–Crippen MR) is 107 cm³/mol. The fourth-order valence-electron chi connectivity index (χ4n) is 3.50. The zero-order valence-corrected chi connectivity index (χ0v) is 16.4. The number of aromatic nitrogens is 2. The molecule has 2 amide bonds. The summed E-state index contributed by atoms with van der Waals surface area (Å²) in [6, 6.07) is 10.1. The molecule has 4 rings (SSSR count). The number of hydrogen-bond donors (Lipinski definition) is 2. The molecule has 2 aromatic rings. The monoisotopic (exact) mass is 381 g/mol. The quantitative estimate of drug-likeness (QED) is 0.828. The van der Waals surface area contributed by atoms with Crippen LogP contribution in [0.3, 0.4) is 0 Å². The summed E-state index contributed by atoms with van der Waals surface area (Å²) in [7, 11) is 0. The number of carbonyl (C=O) groups excluding carboxylic acids is 2. The number of amides is 2. The third kappa shape index (κ3) is 4.09. The van der Waals surface area contributed by atoms with Gasteiger partial charge in [-0.15, -0.1) is 0 Å². The molecule has 1 unspecified atom stereocenters. The third-order valence-electron chi connectivity index (χ3n) is 5.61. The third-order valence-corrected chi connectivity index (χ3v) is 5.61. The largest absolute Gasteiger partial charge is 0.352 e. The van der Waals surface area contributed by atoms with Crippen LogP contribution in [-0.2, 0) is 4.79 Å². The van der Waals surface area contributed by atoms with Crippen molar-refractivity contribution in [2.45, 2.75) is 38.8 Å². The van der Waals surface area contributed by atoms with Gasteiger partial charge in [0, 0.05) is 37.8 Å². The summed E-state index contributed by atoms with van der Waals surface area (Å²) < 4.78 is 0. The highest BCUT2D eigenvalue weighted by Crippen LogP contribution is 2.21. The standard InChI is InChI=1S/C21H27N5O2/c1-14-3-5-16(6-4-14)18-13-19(24-23-18)21(28)26-11-9-25(10-12-26)15(2)20(27)22-17-7-8-17/h3-6,13,15,17H,7-12H2,1-2H3,(H,22,27)(H,23,24). The van der Waals surface area contributed by atoms with Gasteiger partial charge < -0.3 is 10.2 Å². The van der Waals surface area contributed by atoms with Crippen molar-refractivity contribution in [3.63, 3.8) is 0 Å². The lowest BCUT2D eigenvalue weighted by atomic mass is 10.1. The summed E-state index contributed by atoms with van der Waals surface area (Å²) in [5.74, 6) is 0.0548. The van der Waals surface area contributed by atoms with Crippen molar-refractivity contribution in [1.29, 1.82) is 0 Å². The molecule has 0 bridgehead atoms. The molecule has 2 fully saturated rings. The SMILES string of the molecule is Cc1ccc(-c2cc(C(=O)N3CCN(C(C)C(=O)NC4CC4)CC3)[nH]n2)cc1. The molecule has 2 N–H and O–H groups in total. The Kier molecular flexibility index (Phi) is 5.17. The van der Waals surface area contributed by atoms with Gasteiger partial charge in [0.1, 0.15) is 5.69 Å². The topological polar surface area (TPSA) is 81.3 Å². The van der Waals surface area contributed by atoms with Crippen LogP contribution in [0.15, 0.2) is 30.3 Å². The molecule has 28 heavy (non-hydrogen) atoms. The van der Waals surface area contributed by atoms with E-state index in [0.29, 0.717) is 37.9 Å². The summed E-state index contributed by atoms with van der Waals surface area (Å²) in [4.78, 5) is 29.0. The number of nitrogens with zero attached hydrogens (tertiary/aromatic N) is 3. The molecular weight excluding hydrogens is 354 g/mol. The Morgan fingerprint density at radius 1 is 1.14 bits per heavy atom. The van der Waals surface area contributed by atoms with Gasteiger partial charge in [-0.3, -0.25) is 19.6 Å². The second-order valence-corrected chi connectivity index (χ2v) is 7.82. The van der Waals surface area contributed by atoms with E-state index in [-0.39, 0.29) is 17.9 Å². The van der Waals surface area contributed by atoms with Gasteiger partial charge in [-0.05, 0) is 32.8 Å². The van der Waals surface area contributed by atoms with Crippen LogP contribution in [0.1, 0.15) is 35.8 Å². The Hall–Kier alpha value is -2.67. The highest BCUT2D eigenvalue weighted by atomic mass is 16.2. The van der Waals surface area contributed by atoms with Crippen molar-refractivity contribution >= 4 is 11.8 Å². The molecule has 1 atom stereocenters. The van der Waals surface area contributed by atoms with E-state index in [1.165, 1.54) is 5.56 Å². The minimum atomic E-state index is -0.154. The van der Waals surface area contributed by atoms with E-state index in [4.69, 9.17) is 0 Å². The van der Waals surface area contributed by atoms with Gasteiger partial charge in [0.25, 0.3) is 5.91 Å². The van der Waals surface area contributed by atoms with E-state index < -0.39 is 0 Å². The molecular formula is C21H27N5O2. The fraction of sp³-hybridized carbons (Fsp3) is 0.476. The zero-order chi connectivity index (χ0) is 19.7. The maximum Gasteiger partial charge on any atom is 0.271 e. The number of benzene rings is 1. The highest BCUT2D eigenvalue weighted by Gasteiger charge is 2.31. The maximum atomic E-state index is 12.8. The number of nitrogens with one attached hydrogen (secondary N) is 2. The minimum absolute atomic E-state index is 0.0411. The van der Waals surface area contributed by atoms with Crippen molar-refractivity contribution in [2.75, 3.05) is 26.2 Å². The van der Waals surface area contributed by atoms with Gasteiger partial charge in [-0.2, -0.15) is 5.10 Å². The second kappa shape index (κ2) is 7.75. The van der Waals surface area contributed by atoms with Crippen molar-refractivity contribution in [3.05, 3.63) is 41.6 Å². The van der Waals surface area contributed by atoms with Crippen LogP contribution in [0.4, 0.5) is 0 Å². The molecule has 2 aliphatic rings.